The average molecular weight is 577 g/mol. The molecule has 2 atom stereocenters. The zero-order valence-electron chi connectivity index (χ0n) is 23.0. The van der Waals surface area contributed by atoms with Gasteiger partial charge in [-0.1, -0.05) is 0 Å². The molecule has 0 aromatic carbocycles. The molecule has 0 unspecified atom stereocenters. The number of ether oxygens (including phenoxy) is 1. The van der Waals surface area contributed by atoms with Gasteiger partial charge in [-0.2, -0.15) is 20.5 Å². The number of alkyl halides is 1. The van der Waals surface area contributed by atoms with Crippen LogP contribution in [0.5, 0.6) is 6.01 Å². The number of Topliss-reactive ketones (excluding diaryl/α,β-unsaturated/α-hetero) is 1. The fourth-order valence-corrected chi connectivity index (χ4v) is 8.98. The van der Waals surface area contributed by atoms with Crippen molar-refractivity contribution in [2.75, 3.05) is 61.4 Å². The highest BCUT2D eigenvalue weighted by atomic mass is 32.1. The third kappa shape index (κ3) is 4.22. The number of nitrogens with two attached hydrogens (primary N) is 1. The van der Waals surface area contributed by atoms with E-state index in [-0.39, 0.29) is 22.7 Å². The lowest BCUT2D eigenvalue weighted by Crippen LogP contribution is -2.59. The predicted octanol–water partition coefficient (Wildman–Crippen LogP) is 3.08. The normalized spacial score (nSPS) is 26.8. The molecule has 6 heterocycles. The van der Waals surface area contributed by atoms with Gasteiger partial charge < -0.3 is 20.3 Å². The summed E-state index contributed by atoms with van der Waals surface area (Å²) >= 11 is 1.51. The van der Waals surface area contributed by atoms with Crippen LogP contribution in [0.25, 0.3) is 0 Å². The van der Waals surface area contributed by atoms with Gasteiger partial charge in [-0.15, -0.1) is 11.3 Å². The van der Waals surface area contributed by atoms with Crippen molar-refractivity contribution < 1.29 is 13.9 Å². The van der Waals surface area contributed by atoms with Crippen molar-refractivity contribution in [3.8, 4) is 18.1 Å². The van der Waals surface area contributed by atoms with E-state index in [1.54, 1.807) is 0 Å². The molecule has 1 spiro atoms. The molecule has 2 aromatic rings. The molecular weight excluding hydrogens is 543 g/mol. The number of hydrogen-bond acceptors (Lipinski definition) is 11. The molecule has 0 radical (unpaired) electrons. The second-order valence-corrected chi connectivity index (χ2v) is 13.4. The largest absolute Gasteiger partial charge is 0.461 e. The summed E-state index contributed by atoms with van der Waals surface area (Å²) in [5, 5.41) is 20.7. The van der Waals surface area contributed by atoms with Crippen LogP contribution < -0.4 is 20.3 Å². The standard InChI is InChI=1S/C29H33FN8O2S/c30-18-11-29(6-2-9-38(29)14-18)17-40-27-34-25(36-8-1-3-19(39)5-10-36)21(13-32)26(35-27)37-15-28(16-37)7-4-22-23(28)20(12-31)24(33)41-22/h18H,1-11,14-17,33H2/t18-,29+/m1/s1. The molecule has 4 fully saturated rings. The third-order valence-corrected chi connectivity index (χ3v) is 10.9. The van der Waals surface area contributed by atoms with E-state index in [1.807, 2.05) is 4.90 Å². The maximum atomic E-state index is 14.4. The van der Waals surface area contributed by atoms with Crippen molar-refractivity contribution in [3.63, 3.8) is 0 Å². The fraction of sp³-hybridized carbons (Fsp3) is 0.621. The van der Waals surface area contributed by atoms with E-state index in [0.29, 0.717) is 92.8 Å². The van der Waals surface area contributed by atoms with E-state index in [9.17, 15) is 19.7 Å². The minimum Gasteiger partial charge on any atom is -0.461 e. The van der Waals surface area contributed by atoms with Crippen molar-refractivity contribution in [2.45, 2.75) is 68.5 Å². The van der Waals surface area contributed by atoms with Gasteiger partial charge in [0, 0.05) is 62.3 Å². The number of halogens is 1. The first-order valence-electron chi connectivity index (χ1n) is 14.5. The van der Waals surface area contributed by atoms with Crippen molar-refractivity contribution in [3.05, 3.63) is 21.6 Å². The Hall–Kier alpha value is -3.48. The number of nitrogens with zero attached hydrogens (tertiary/aromatic N) is 7. The maximum Gasteiger partial charge on any atom is 0.320 e. The molecule has 0 amide bonds. The molecule has 1 aliphatic carbocycles. The van der Waals surface area contributed by atoms with Crippen molar-refractivity contribution in [2.24, 2.45) is 0 Å². The molecule has 4 aliphatic heterocycles. The van der Waals surface area contributed by atoms with Gasteiger partial charge in [0.15, 0.2) is 11.6 Å². The van der Waals surface area contributed by atoms with Crippen molar-refractivity contribution in [1.82, 2.24) is 14.9 Å². The molecule has 0 bridgehead atoms. The summed E-state index contributed by atoms with van der Waals surface area (Å²) in [7, 11) is 0. The van der Waals surface area contributed by atoms with Gasteiger partial charge in [0.2, 0.25) is 0 Å². The number of hydrogen-bond donors (Lipinski definition) is 1. The lowest BCUT2D eigenvalue weighted by atomic mass is 9.74. The summed E-state index contributed by atoms with van der Waals surface area (Å²) in [6.45, 7) is 3.94. The van der Waals surface area contributed by atoms with Gasteiger partial charge in [0.25, 0.3) is 0 Å². The van der Waals surface area contributed by atoms with E-state index in [0.717, 1.165) is 37.8 Å². The number of aryl methyl sites for hydroxylation is 1. The third-order valence-electron chi connectivity index (χ3n) is 9.80. The van der Waals surface area contributed by atoms with Crippen LogP contribution in [-0.2, 0) is 16.6 Å². The van der Waals surface area contributed by atoms with E-state index < -0.39 is 6.17 Å². The molecular formula is C29H33FN8O2S. The van der Waals surface area contributed by atoms with Crippen LogP contribution in [0.3, 0.4) is 0 Å². The molecule has 5 aliphatic rings. The molecule has 10 nitrogen and oxygen atoms in total. The van der Waals surface area contributed by atoms with Gasteiger partial charge in [0.05, 0.1) is 11.1 Å². The Bertz CT molecular complexity index is 1490. The molecule has 2 aromatic heterocycles. The van der Waals surface area contributed by atoms with E-state index in [4.69, 9.17) is 20.4 Å². The summed E-state index contributed by atoms with van der Waals surface area (Å²) in [5.41, 5.74) is 7.66. The summed E-state index contributed by atoms with van der Waals surface area (Å²) in [4.78, 5) is 29.2. The first kappa shape index (κ1) is 26.4. The smallest absolute Gasteiger partial charge is 0.320 e. The molecule has 2 N–H and O–H groups in total. The van der Waals surface area contributed by atoms with Crippen molar-refractivity contribution >= 4 is 33.8 Å². The van der Waals surface area contributed by atoms with Crippen LogP contribution in [0, 0.1) is 22.7 Å². The number of carbonyl (C=O) groups is 1. The number of carbonyl (C=O) groups excluding carboxylic acids is 1. The maximum absolute atomic E-state index is 14.4. The van der Waals surface area contributed by atoms with Gasteiger partial charge in [-0.25, -0.2) is 4.39 Å². The predicted molar refractivity (Wildman–Crippen MR) is 152 cm³/mol. The monoisotopic (exact) mass is 576 g/mol. The van der Waals surface area contributed by atoms with Crippen LogP contribution >= 0.6 is 11.3 Å². The number of nitrogen functional groups attached to an aromatic ring is 1. The van der Waals surface area contributed by atoms with E-state index >= 15 is 0 Å². The van der Waals surface area contributed by atoms with Crippen molar-refractivity contribution in [1.29, 1.82) is 10.5 Å². The Kier molecular flexibility index (Phi) is 6.32. The molecule has 41 heavy (non-hydrogen) atoms. The van der Waals surface area contributed by atoms with Gasteiger partial charge in [-0.3, -0.25) is 9.69 Å². The highest BCUT2D eigenvalue weighted by Gasteiger charge is 2.53. The van der Waals surface area contributed by atoms with Crippen LogP contribution in [0.2, 0.25) is 0 Å². The first-order chi connectivity index (χ1) is 19.8. The summed E-state index contributed by atoms with van der Waals surface area (Å²) in [6, 6.07) is 4.85. The highest BCUT2D eigenvalue weighted by Crippen LogP contribution is 2.53. The topological polar surface area (TPSA) is 135 Å². The molecule has 7 rings (SSSR count). The minimum absolute atomic E-state index is 0.179. The number of rotatable bonds is 5. The zero-order chi connectivity index (χ0) is 28.4. The number of fused-ring (bicyclic) bond motifs is 3. The molecule has 214 valence electrons. The zero-order valence-corrected chi connectivity index (χ0v) is 23.8. The Morgan fingerprint density at radius 3 is 2.59 bits per heavy atom. The average Bonchev–Trinajstić information content (AvgIpc) is 3.61. The van der Waals surface area contributed by atoms with E-state index in [1.165, 1.54) is 16.2 Å². The number of nitriles is 2. The van der Waals surface area contributed by atoms with Gasteiger partial charge >= 0.3 is 6.01 Å². The summed E-state index contributed by atoms with van der Waals surface area (Å²) in [5.74, 6) is 1.21. The first-order valence-corrected chi connectivity index (χ1v) is 15.3. The number of thiophene rings is 1. The Morgan fingerprint density at radius 2 is 1.80 bits per heavy atom. The van der Waals surface area contributed by atoms with Crippen LogP contribution in [0.4, 0.5) is 21.0 Å². The second-order valence-electron chi connectivity index (χ2n) is 12.3. The fourth-order valence-electron chi connectivity index (χ4n) is 7.84. The van der Waals surface area contributed by atoms with E-state index in [2.05, 4.69) is 21.9 Å². The highest BCUT2D eigenvalue weighted by molar-refractivity contribution is 7.16. The van der Waals surface area contributed by atoms with Crippen LogP contribution in [0.1, 0.15) is 66.5 Å². The molecule has 4 saturated heterocycles. The number of ketones is 1. The van der Waals surface area contributed by atoms with Crippen LogP contribution in [0.15, 0.2) is 0 Å². The van der Waals surface area contributed by atoms with Gasteiger partial charge in [-0.05, 0) is 44.2 Å². The Labute approximate surface area is 242 Å². The number of anilines is 3. The van der Waals surface area contributed by atoms with Gasteiger partial charge in [0.1, 0.15) is 41.3 Å². The Balaban J connectivity index is 1.22. The molecule has 0 saturated carbocycles. The molecule has 12 heteroatoms. The lowest BCUT2D eigenvalue weighted by Gasteiger charge is -2.49. The Morgan fingerprint density at radius 1 is 1.02 bits per heavy atom. The summed E-state index contributed by atoms with van der Waals surface area (Å²) < 4.78 is 20.7. The number of aromatic nitrogens is 2. The SMILES string of the molecule is N#Cc1c(N2CCCC(=O)CC2)nc(OC[C@@]23CCCN2C[C@H](F)C3)nc1N1CC2(CCc3sc(N)c(C#N)c32)C1. The second kappa shape index (κ2) is 9.81. The quantitative estimate of drug-likeness (QED) is 0.566. The van der Waals surface area contributed by atoms with Crippen LogP contribution in [-0.4, -0.2) is 78.2 Å². The summed E-state index contributed by atoms with van der Waals surface area (Å²) in [6.07, 6.45) is 4.91. The minimum atomic E-state index is -0.862. The lowest BCUT2D eigenvalue weighted by molar-refractivity contribution is -0.118.